The van der Waals surface area contributed by atoms with E-state index in [0.29, 0.717) is 0 Å². The molecule has 14 heavy (non-hydrogen) atoms. The normalized spacial score (nSPS) is 10.9. The Labute approximate surface area is 97.9 Å². The maximum atomic E-state index is 3.83. The van der Waals surface area contributed by atoms with Crippen molar-refractivity contribution in [2.45, 2.75) is 19.6 Å². The molecule has 0 nitrogen and oxygen atoms in total. The van der Waals surface area contributed by atoms with Crippen molar-refractivity contribution in [1.82, 2.24) is 0 Å². The topological polar surface area (TPSA) is 0 Å². The molecule has 0 aromatic heterocycles. The molecule has 0 aromatic rings. The Morgan fingerprint density at radius 2 is 0.857 bits per heavy atom. The van der Waals surface area contributed by atoms with Gasteiger partial charge < -0.3 is 0 Å². The largest absolute Gasteiger partial charge is 0.147 e. The quantitative estimate of drug-likeness (QED) is 0.438. The van der Waals surface area contributed by atoms with Crippen LogP contribution in [0.2, 0.25) is 19.6 Å². The van der Waals surface area contributed by atoms with Gasteiger partial charge in [0, 0.05) is 0 Å². The predicted molar refractivity (Wildman–Crippen MR) is 67.3 cm³/mol. The Bertz CT molecular complexity index is 151. The summed E-state index contributed by atoms with van der Waals surface area (Å²) in [5.41, 5.74) is 0. The van der Waals surface area contributed by atoms with Gasteiger partial charge in [0.1, 0.15) is 0 Å². The molecular weight excluding hydrogens is 286 g/mol. The van der Waals surface area contributed by atoms with Gasteiger partial charge in [-0.05, 0) is 0 Å². The van der Waals surface area contributed by atoms with Crippen LogP contribution >= 0.6 is 12.4 Å². The molecule has 0 heterocycles. The molecule has 0 saturated heterocycles. The maximum Gasteiger partial charge on any atom is -0.147 e. The molecule has 0 aliphatic carbocycles. The van der Waals surface area contributed by atoms with Crippen LogP contribution in [0.3, 0.4) is 0 Å². The SMILES string of the molecule is C=C[CH2][Pd]([CH2]C=C)([CH2]C=C)[CH2]C=C.Cl. The van der Waals surface area contributed by atoms with E-state index < -0.39 is 15.5 Å². The van der Waals surface area contributed by atoms with E-state index in [4.69, 9.17) is 0 Å². The second kappa shape index (κ2) is 9.47. The number of hydrogen-bond donors (Lipinski definition) is 0. The van der Waals surface area contributed by atoms with Gasteiger partial charge in [0.2, 0.25) is 0 Å². The zero-order chi connectivity index (χ0) is 10.2. The average Bonchev–Trinajstić information content (AvgIpc) is 2.06. The Hall–Kier alpha value is -0.0877. The molecule has 0 saturated carbocycles. The second-order valence-corrected chi connectivity index (χ2v) is 9.82. The molecule has 2 heteroatoms. The zero-order valence-corrected chi connectivity index (χ0v) is 11.1. The molecule has 0 fully saturated rings. The molecule has 0 atom stereocenters. The van der Waals surface area contributed by atoms with E-state index in [1.165, 1.54) is 0 Å². The van der Waals surface area contributed by atoms with Gasteiger partial charge in [-0.25, -0.2) is 0 Å². The Morgan fingerprint density at radius 1 is 0.643 bits per heavy atom. The monoisotopic (exact) mass is 306 g/mol. The van der Waals surface area contributed by atoms with Crippen molar-refractivity contribution >= 4 is 12.4 Å². The molecule has 0 N–H and O–H groups in total. The first-order chi connectivity index (χ1) is 6.24. The molecule has 0 aliphatic rings. The smallest absolute Gasteiger partial charge is 0.147 e. The minimum atomic E-state index is -1.39. The minimum absolute atomic E-state index is 0. The van der Waals surface area contributed by atoms with Crippen LogP contribution < -0.4 is 0 Å². The summed E-state index contributed by atoms with van der Waals surface area (Å²) in [7, 11) is 0. The first kappa shape index (κ1) is 16.3. The van der Waals surface area contributed by atoms with Crippen molar-refractivity contribution in [3.63, 3.8) is 0 Å². The van der Waals surface area contributed by atoms with E-state index in [-0.39, 0.29) is 12.4 Å². The summed E-state index contributed by atoms with van der Waals surface area (Å²) in [6.45, 7) is 15.3. The second-order valence-electron chi connectivity index (χ2n) is 2.62. The molecule has 0 bridgehead atoms. The molecule has 0 spiro atoms. The summed E-state index contributed by atoms with van der Waals surface area (Å²) >= 11 is -1.39. The summed E-state index contributed by atoms with van der Waals surface area (Å²) in [6.07, 6.45) is 8.14. The van der Waals surface area contributed by atoms with E-state index in [1.54, 1.807) is 0 Å². The van der Waals surface area contributed by atoms with Gasteiger partial charge in [0.25, 0.3) is 0 Å². The Morgan fingerprint density at radius 3 is 1.00 bits per heavy atom. The number of hydrogen-bond acceptors (Lipinski definition) is 0. The fourth-order valence-corrected chi connectivity index (χ4v) is 6.45. The van der Waals surface area contributed by atoms with Gasteiger partial charge in [-0.3, -0.25) is 0 Å². The van der Waals surface area contributed by atoms with E-state index in [1.807, 2.05) is 24.3 Å². The Kier molecular flexibility index (Phi) is 11.1. The molecule has 0 aliphatic heterocycles. The fourth-order valence-electron chi connectivity index (χ4n) is 1.09. The molecule has 0 radical (unpaired) electrons. The summed E-state index contributed by atoms with van der Waals surface area (Å²) in [6, 6.07) is 0. The van der Waals surface area contributed by atoms with Crippen LogP contribution in [-0.4, -0.2) is 0 Å². The molecule has 0 amide bonds. The van der Waals surface area contributed by atoms with E-state index in [0.717, 1.165) is 19.6 Å². The molecule has 0 aromatic carbocycles. The zero-order valence-electron chi connectivity index (χ0n) is 8.69. The van der Waals surface area contributed by atoms with Crippen molar-refractivity contribution in [1.29, 1.82) is 0 Å². The minimum Gasteiger partial charge on any atom is -0.147 e. The van der Waals surface area contributed by atoms with Crippen LogP contribution in [0.1, 0.15) is 0 Å². The molecule has 0 unspecified atom stereocenters. The first-order valence-electron chi connectivity index (χ1n) is 4.16. The number of allylic oxidation sites excluding steroid dienone is 4. The average molecular weight is 307 g/mol. The van der Waals surface area contributed by atoms with E-state index in [2.05, 4.69) is 26.3 Å². The summed E-state index contributed by atoms with van der Waals surface area (Å²) < 4.78 is 0. The maximum absolute atomic E-state index is 3.83. The van der Waals surface area contributed by atoms with Crippen LogP contribution in [0, 0.1) is 0 Å². The fraction of sp³-hybridized carbons (Fsp3) is 0.333. The van der Waals surface area contributed by atoms with Crippen LogP contribution in [-0.2, 0) is 15.5 Å². The van der Waals surface area contributed by atoms with Crippen molar-refractivity contribution in [2.24, 2.45) is 0 Å². The standard InChI is InChI=1S/4C3H5.ClH.Pd/c4*1-3-2;;/h4*3H,1-2H2;1H;. The van der Waals surface area contributed by atoms with Crippen LogP contribution in [0.15, 0.2) is 50.6 Å². The third-order valence-electron chi connectivity index (χ3n) is 1.46. The predicted octanol–water partition coefficient (Wildman–Crippen LogP) is 4.98. The van der Waals surface area contributed by atoms with Crippen LogP contribution in [0.4, 0.5) is 0 Å². The number of halogens is 1. The molecular formula is C12H21ClPd. The van der Waals surface area contributed by atoms with Gasteiger partial charge in [-0.1, -0.05) is 0 Å². The summed E-state index contributed by atoms with van der Waals surface area (Å²) in [4.78, 5) is 4.59. The van der Waals surface area contributed by atoms with E-state index in [9.17, 15) is 0 Å². The van der Waals surface area contributed by atoms with Gasteiger partial charge in [-0.2, -0.15) is 0 Å². The van der Waals surface area contributed by atoms with E-state index >= 15 is 0 Å². The van der Waals surface area contributed by atoms with Gasteiger partial charge >= 0.3 is 85.7 Å². The Balaban J connectivity index is 0. The van der Waals surface area contributed by atoms with Crippen LogP contribution in [0.25, 0.3) is 0 Å². The number of rotatable bonds is 8. The van der Waals surface area contributed by atoms with Crippen molar-refractivity contribution < 1.29 is 15.5 Å². The van der Waals surface area contributed by atoms with Crippen molar-refractivity contribution in [3.05, 3.63) is 50.6 Å². The van der Waals surface area contributed by atoms with Crippen molar-refractivity contribution in [2.75, 3.05) is 0 Å². The molecule has 0 rings (SSSR count). The first-order valence-corrected chi connectivity index (χ1v) is 8.56. The molecule has 86 valence electrons. The van der Waals surface area contributed by atoms with Gasteiger partial charge in [0.15, 0.2) is 0 Å². The summed E-state index contributed by atoms with van der Waals surface area (Å²) in [5.74, 6) is 0. The third kappa shape index (κ3) is 5.60. The third-order valence-corrected chi connectivity index (χ3v) is 8.64. The summed E-state index contributed by atoms with van der Waals surface area (Å²) in [5, 5.41) is 0. The van der Waals surface area contributed by atoms with Crippen molar-refractivity contribution in [3.8, 4) is 0 Å². The van der Waals surface area contributed by atoms with Crippen LogP contribution in [0.5, 0.6) is 0 Å². The van der Waals surface area contributed by atoms with Gasteiger partial charge in [0.05, 0.1) is 0 Å². The van der Waals surface area contributed by atoms with Gasteiger partial charge in [-0.15, -0.1) is 12.4 Å².